The molecule has 2 heterocycles. The van der Waals surface area contributed by atoms with Gasteiger partial charge in [-0.05, 0) is 72.4 Å². The van der Waals surface area contributed by atoms with Crippen LogP contribution in [0.2, 0.25) is 10.0 Å². The number of nitrogens with one attached hydrogen (secondary N) is 2. The van der Waals surface area contributed by atoms with Crippen molar-refractivity contribution >= 4 is 52.2 Å². The zero-order chi connectivity index (χ0) is 30.3. The average Bonchev–Trinajstić information content (AvgIpc) is 3.66. The number of anilines is 2. The number of carbonyl (C=O) groups excluding carboxylic acids is 3. The fourth-order valence-electron chi connectivity index (χ4n) is 5.40. The molecule has 4 N–H and O–H groups in total. The minimum absolute atomic E-state index is 0. The van der Waals surface area contributed by atoms with E-state index in [2.05, 4.69) is 10.6 Å². The molecule has 0 saturated carbocycles. The fourth-order valence-corrected chi connectivity index (χ4v) is 5.77. The molecular weight excluding hydrogens is 623 g/mol. The van der Waals surface area contributed by atoms with Crippen molar-refractivity contribution in [2.45, 2.75) is 54.0 Å². The van der Waals surface area contributed by atoms with Gasteiger partial charge in [-0.1, -0.05) is 45.5 Å². The molecule has 0 spiro atoms. The summed E-state index contributed by atoms with van der Waals surface area (Å²) in [6.07, 6.45) is 6.24. The van der Waals surface area contributed by atoms with Crippen molar-refractivity contribution in [1.82, 2.24) is 9.13 Å². The van der Waals surface area contributed by atoms with Crippen LogP contribution in [0.3, 0.4) is 0 Å². The largest absolute Gasteiger partial charge is 0.346 e. The number of carbonyl (C=O) groups is 3. The number of aromatic nitrogens is 2. The zero-order valence-corrected chi connectivity index (χ0v) is 24.2. The highest BCUT2D eigenvalue weighted by molar-refractivity contribution is 6.31. The Morgan fingerprint density at radius 2 is 1.29 bits per heavy atom. The minimum Gasteiger partial charge on any atom is -0.346 e. The van der Waals surface area contributed by atoms with E-state index in [1.54, 1.807) is 22.4 Å². The normalized spacial score (nSPS) is 14.1. The molecule has 0 saturated heterocycles. The predicted octanol–water partition coefficient (Wildman–Crippen LogP) is 8.12. The van der Waals surface area contributed by atoms with Gasteiger partial charge >= 0.3 is 0 Å². The van der Waals surface area contributed by atoms with Crippen LogP contribution in [0.1, 0.15) is 89.2 Å². The lowest BCUT2D eigenvalue weighted by molar-refractivity contribution is 0.0989. The Bertz CT molecular complexity index is 1750. The summed E-state index contributed by atoms with van der Waals surface area (Å²) >= 11 is 11.4. The fraction of sp³-hybridized carbons (Fsp3) is 0.303. The predicted molar refractivity (Wildman–Crippen MR) is 178 cm³/mol. The van der Waals surface area contributed by atoms with Crippen molar-refractivity contribution in [3.63, 3.8) is 0 Å². The van der Waals surface area contributed by atoms with Crippen LogP contribution in [0.4, 0.5) is 20.2 Å². The first-order chi connectivity index (χ1) is 19.9. The van der Waals surface area contributed by atoms with Gasteiger partial charge in [0.25, 0.3) is 11.8 Å². The molecule has 45 heavy (non-hydrogen) atoms. The molecule has 2 aliphatic carbocycles. The van der Waals surface area contributed by atoms with Gasteiger partial charge in [0.2, 0.25) is 0 Å². The summed E-state index contributed by atoms with van der Waals surface area (Å²) in [7, 11) is 3.54. The maximum absolute atomic E-state index is 13.1. The lowest BCUT2D eigenvalue weighted by Gasteiger charge is -2.09. The molecule has 4 aromatic rings. The summed E-state index contributed by atoms with van der Waals surface area (Å²) in [6.45, 7) is 0. The van der Waals surface area contributed by atoms with Crippen LogP contribution < -0.4 is 16.4 Å². The first-order valence-electron chi connectivity index (χ1n) is 13.1. The van der Waals surface area contributed by atoms with Gasteiger partial charge in [-0.3, -0.25) is 14.4 Å². The van der Waals surface area contributed by atoms with Crippen LogP contribution in [0.15, 0.2) is 48.8 Å². The second-order valence-electron chi connectivity index (χ2n) is 10.2. The van der Waals surface area contributed by atoms with Gasteiger partial charge in [0.15, 0.2) is 5.78 Å². The molecule has 2 amide bonds. The number of hydrogen-bond acceptors (Lipinski definition) is 4. The minimum atomic E-state index is -0.542. The van der Waals surface area contributed by atoms with Crippen molar-refractivity contribution in [3.05, 3.63) is 104 Å². The highest BCUT2D eigenvalue weighted by atomic mass is 35.5. The second kappa shape index (κ2) is 14.9. The van der Waals surface area contributed by atoms with Crippen LogP contribution in [-0.2, 0) is 26.9 Å². The van der Waals surface area contributed by atoms with Gasteiger partial charge in [0.05, 0.1) is 10.0 Å². The molecule has 242 valence electrons. The smallest absolute Gasteiger partial charge is 0.272 e. The summed E-state index contributed by atoms with van der Waals surface area (Å²) in [5.41, 5.74) is 11.3. The Hall–Kier alpha value is -3.99. The summed E-state index contributed by atoms with van der Waals surface area (Å²) in [6, 6.07) is 8.07. The summed E-state index contributed by atoms with van der Waals surface area (Å²) in [5, 5.41) is 5.34. The van der Waals surface area contributed by atoms with Crippen LogP contribution in [-0.4, -0.2) is 26.7 Å². The topological polar surface area (TPSA) is 111 Å². The molecule has 0 bridgehead atoms. The van der Waals surface area contributed by atoms with Crippen molar-refractivity contribution < 1.29 is 23.2 Å². The monoisotopic (exact) mass is 661 g/mol. The third-order valence-electron chi connectivity index (χ3n) is 7.40. The number of nitrogens with zero attached hydrogens (tertiary/aromatic N) is 2. The number of amides is 2. The molecule has 2 aromatic carbocycles. The molecule has 8 nitrogen and oxygen atoms in total. The molecule has 12 heteroatoms. The van der Waals surface area contributed by atoms with E-state index in [1.807, 2.05) is 13.2 Å². The van der Waals surface area contributed by atoms with E-state index >= 15 is 0 Å². The van der Waals surface area contributed by atoms with Crippen LogP contribution in [0.25, 0.3) is 0 Å². The maximum Gasteiger partial charge on any atom is 0.272 e. The molecule has 0 radical (unpaired) electrons. The molecule has 0 aliphatic heterocycles. The highest BCUT2D eigenvalue weighted by Gasteiger charge is 2.29. The third-order valence-corrected chi connectivity index (χ3v) is 7.98. The van der Waals surface area contributed by atoms with E-state index in [-0.39, 0.29) is 56.0 Å². The van der Waals surface area contributed by atoms with Crippen LogP contribution in [0, 0.1) is 11.6 Å². The first-order valence-corrected chi connectivity index (χ1v) is 13.9. The van der Waals surface area contributed by atoms with E-state index in [1.165, 1.54) is 36.4 Å². The van der Waals surface area contributed by atoms with E-state index < -0.39 is 11.6 Å². The number of ketones is 1. The standard InChI is InChI=1S/C15H15ClFN3O.C15H12ClFN2O2.3CH4/c1-20-7-10-9(3-5-13(10)18)14(20)15(21)19-8-2-4-12(17)11(16)6-8;1-19-7-10-9(3-5-13(10)20)14(19)15(21)18-8-2-4-12(17)11(16)6-8;;;/h2,4,6-7,13H,3,5,18H2,1H3,(H,19,21);2,4,6-7H,3,5H2,1H3,(H,18,21);3*1H4. The highest BCUT2D eigenvalue weighted by Crippen LogP contribution is 2.33. The van der Waals surface area contributed by atoms with Gasteiger partial charge in [-0.2, -0.15) is 0 Å². The van der Waals surface area contributed by atoms with Gasteiger partial charge in [0.1, 0.15) is 23.0 Å². The van der Waals surface area contributed by atoms with Gasteiger partial charge < -0.3 is 25.5 Å². The molecular formula is C33H39Cl2F2N5O3. The van der Waals surface area contributed by atoms with Crippen LogP contribution in [0.5, 0.6) is 0 Å². The van der Waals surface area contributed by atoms with E-state index in [9.17, 15) is 23.2 Å². The number of Topliss-reactive ketones (excluding diaryl/α,β-unsaturated/α-hetero) is 1. The van der Waals surface area contributed by atoms with Gasteiger partial charge in [0, 0.05) is 55.9 Å². The van der Waals surface area contributed by atoms with E-state index in [4.69, 9.17) is 28.9 Å². The number of fused-ring (bicyclic) bond motifs is 2. The lowest BCUT2D eigenvalue weighted by Crippen LogP contribution is -2.17. The number of rotatable bonds is 4. The Labute approximate surface area is 272 Å². The maximum atomic E-state index is 13.1. The van der Waals surface area contributed by atoms with Gasteiger partial charge in [-0.25, -0.2) is 8.78 Å². The van der Waals surface area contributed by atoms with Crippen molar-refractivity contribution in [2.24, 2.45) is 19.8 Å². The SMILES string of the molecule is C.C.C.Cn1cc2c(c1C(=O)Nc1ccc(F)c(Cl)c1)CCC2=O.Cn1cc2c(c1C(=O)Nc1ccc(F)c(Cl)c1)CCC2N. The average molecular weight is 663 g/mol. The van der Waals surface area contributed by atoms with Crippen molar-refractivity contribution in [3.8, 4) is 0 Å². The Morgan fingerprint density at radius 1 is 0.800 bits per heavy atom. The van der Waals surface area contributed by atoms with E-state index in [0.29, 0.717) is 41.2 Å². The summed E-state index contributed by atoms with van der Waals surface area (Å²) in [5.74, 6) is -1.57. The van der Waals surface area contributed by atoms with Gasteiger partial charge in [-0.15, -0.1) is 0 Å². The molecule has 2 aromatic heterocycles. The van der Waals surface area contributed by atoms with Crippen molar-refractivity contribution in [1.29, 1.82) is 0 Å². The lowest BCUT2D eigenvalue weighted by atomic mass is 10.1. The van der Waals surface area contributed by atoms with Crippen LogP contribution >= 0.6 is 23.2 Å². The Kier molecular flexibility index (Phi) is 12.3. The number of halogens is 4. The zero-order valence-electron chi connectivity index (χ0n) is 22.7. The Balaban J connectivity index is 0.000000294. The Morgan fingerprint density at radius 3 is 1.80 bits per heavy atom. The van der Waals surface area contributed by atoms with E-state index in [0.717, 1.165) is 29.5 Å². The summed E-state index contributed by atoms with van der Waals surface area (Å²) < 4.78 is 29.7. The third kappa shape index (κ3) is 7.46. The quantitative estimate of drug-likeness (QED) is 0.205. The number of hydrogen-bond donors (Lipinski definition) is 3. The molecule has 1 unspecified atom stereocenters. The second-order valence-corrected chi connectivity index (χ2v) is 11.1. The first kappa shape index (κ1) is 37.2. The number of benzene rings is 2. The molecule has 1 atom stereocenters. The van der Waals surface area contributed by atoms with Crippen molar-refractivity contribution in [2.75, 3.05) is 10.6 Å². The number of aryl methyl sites for hydroxylation is 2. The molecule has 0 fully saturated rings. The number of nitrogens with two attached hydrogens (primary N) is 1. The molecule has 2 aliphatic rings. The molecule has 6 rings (SSSR count). The summed E-state index contributed by atoms with van der Waals surface area (Å²) in [4.78, 5) is 36.5.